The fourth-order valence-corrected chi connectivity index (χ4v) is 3.37. The molecule has 0 aromatic heterocycles. The van der Waals surface area contributed by atoms with Crippen LogP contribution in [0.1, 0.15) is 6.42 Å². The van der Waals surface area contributed by atoms with E-state index in [4.69, 9.17) is 10.8 Å². The summed E-state index contributed by atoms with van der Waals surface area (Å²) >= 11 is 0. The smallest absolute Gasteiger partial charge is 0.241 e. The molecule has 1 saturated heterocycles. The van der Waals surface area contributed by atoms with Gasteiger partial charge in [0.05, 0.1) is 18.1 Å². The van der Waals surface area contributed by atoms with Gasteiger partial charge in [-0.05, 0) is 6.42 Å². The van der Waals surface area contributed by atoms with Crippen LogP contribution in [0.3, 0.4) is 0 Å². The molecule has 1 rings (SSSR count). The zero-order chi connectivity index (χ0) is 11.6. The summed E-state index contributed by atoms with van der Waals surface area (Å²) in [6.45, 7) is -0.428. The molecule has 0 aromatic rings. The highest BCUT2D eigenvalue weighted by molar-refractivity contribution is 7.91. The number of hydrogen-bond donors (Lipinski definition) is 2. The minimum atomic E-state index is -3.00. The fraction of sp³-hybridized carbons (Fsp3) is 0.875. The van der Waals surface area contributed by atoms with Crippen molar-refractivity contribution in [2.45, 2.75) is 18.5 Å². The molecule has 0 bridgehead atoms. The van der Waals surface area contributed by atoms with E-state index in [-0.39, 0.29) is 17.5 Å². The third-order valence-corrected chi connectivity index (χ3v) is 4.37. The Hall–Kier alpha value is -0.660. The number of likely N-dealkylation sites (N-methyl/N-ethyl adjacent to an activating group) is 1. The second-order valence-corrected chi connectivity index (χ2v) is 6.02. The first-order chi connectivity index (χ1) is 6.87. The maximum absolute atomic E-state index is 11.5. The van der Waals surface area contributed by atoms with Gasteiger partial charge in [-0.3, -0.25) is 4.79 Å². The zero-order valence-electron chi connectivity index (χ0n) is 8.59. The van der Waals surface area contributed by atoms with Crippen LogP contribution in [0.15, 0.2) is 0 Å². The summed E-state index contributed by atoms with van der Waals surface area (Å²) in [4.78, 5) is 12.8. The molecule has 0 aromatic carbocycles. The first-order valence-corrected chi connectivity index (χ1v) is 6.53. The largest absolute Gasteiger partial charge is 0.394 e. The van der Waals surface area contributed by atoms with E-state index in [1.54, 1.807) is 0 Å². The molecule has 2 atom stereocenters. The van der Waals surface area contributed by atoms with Gasteiger partial charge in [-0.1, -0.05) is 0 Å². The lowest BCUT2D eigenvalue weighted by atomic mass is 10.2. The molecule has 88 valence electrons. The molecule has 15 heavy (non-hydrogen) atoms. The molecule has 0 aliphatic carbocycles. The van der Waals surface area contributed by atoms with Crippen molar-refractivity contribution < 1.29 is 18.3 Å². The Morgan fingerprint density at radius 2 is 2.27 bits per heavy atom. The second kappa shape index (κ2) is 4.46. The van der Waals surface area contributed by atoms with Crippen molar-refractivity contribution in [2.75, 3.05) is 25.2 Å². The first kappa shape index (κ1) is 12.4. The Labute approximate surface area is 89.0 Å². The number of aliphatic hydroxyl groups is 1. The molecule has 1 aliphatic rings. The van der Waals surface area contributed by atoms with Crippen molar-refractivity contribution in [3.63, 3.8) is 0 Å². The van der Waals surface area contributed by atoms with E-state index in [1.165, 1.54) is 11.9 Å². The first-order valence-electron chi connectivity index (χ1n) is 4.71. The summed E-state index contributed by atoms with van der Waals surface area (Å²) in [5.41, 5.74) is 5.36. The number of rotatable bonds is 3. The van der Waals surface area contributed by atoms with Gasteiger partial charge >= 0.3 is 0 Å². The summed E-state index contributed by atoms with van der Waals surface area (Å²) in [7, 11) is -1.49. The van der Waals surface area contributed by atoms with E-state index in [9.17, 15) is 13.2 Å². The molecule has 1 aliphatic heterocycles. The number of nitrogens with zero attached hydrogens (tertiary/aromatic N) is 1. The standard InChI is InChI=1S/C8H16N2O4S/c1-10(8(12)7(9)4-11)6-2-3-15(13,14)5-6/h6-7,11H,2-5,9H2,1H3. The van der Waals surface area contributed by atoms with Crippen LogP contribution >= 0.6 is 0 Å². The topological polar surface area (TPSA) is 101 Å². The lowest BCUT2D eigenvalue weighted by Gasteiger charge is -2.25. The maximum Gasteiger partial charge on any atom is 0.241 e. The predicted molar refractivity (Wildman–Crippen MR) is 54.9 cm³/mol. The van der Waals surface area contributed by atoms with Crippen LogP contribution in [0, 0.1) is 0 Å². The van der Waals surface area contributed by atoms with Crippen molar-refractivity contribution in [1.29, 1.82) is 0 Å². The lowest BCUT2D eigenvalue weighted by molar-refractivity contribution is -0.133. The van der Waals surface area contributed by atoms with Gasteiger partial charge in [0, 0.05) is 13.1 Å². The number of amides is 1. The van der Waals surface area contributed by atoms with E-state index in [1.807, 2.05) is 0 Å². The molecular weight excluding hydrogens is 220 g/mol. The van der Waals surface area contributed by atoms with Crippen LogP contribution in [0.4, 0.5) is 0 Å². The number of hydrogen-bond acceptors (Lipinski definition) is 5. The van der Waals surface area contributed by atoms with Gasteiger partial charge < -0.3 is 15.7 Å². The van der Waals surface area contributed by atoms with Crippen LogP contribution in [-0.4, -0.2) is 61.6 Å². The summed E-state index contributed by atoms with van der Waals surface area (Å²) in [6.07, 6.45) is 0.447. The van der Waals surface area contributed by atoms with Gasteiger partial charge in [0.1, 0.15) is 6.04 Å². The van der Waals surface area contributed by atoms with Crippen molar-refractivity contribution >= 4 is 15.7 Å². The molecule has 1 heterocycles. The summed E-state index contributed by atoms with van der Waals surface area (Å²) in [5, 5.41) is 8.71. The number of carbonyl (C=O) groups excluding carboxylic acids is 1. The molecule has 0 saturated carbocycles. The highest BCUT2D eigenvalue weighted by Gasteiger charge is 2.33. The molecule has 3 N–H and O–H groups in total. The van der Waals surface area contributed by atoms with Crippen LogP contribution in [-0.2, 0) is 14.6 Å². The maximum atomic E-state index is 11.5. The number of carbonyl (C=O) groups is 1. The van der Waals surface area contributed by atoms with Crippen LogP contribution in [0.5, 0.6) is 0 Å². The highest BCUT2D eigenvalue weighted by atomic mass is 32.2. The number of aliphatic hydroxyl groups excluding tert-OH is 1. The molecule has 1 amide bonds. The van der Waals surface area contributed by atoms with E-state index in [0.717, 1.165) is 0 Å². The van der Waals surface area contributed by atoms with Gasteiger partial charge in [0.2, 0.25) is 5.91 Å². The molecule has 1 fully saturated rings. The zero-order valence-corrected chi connectivity index (χ0v) is 9.40. The third kappa shape index (κ3) is 2.90. The Bertz CT molecular complexity index is 341. The SMILES string of the molecule is CN(C(=O)C(N)CO)C1CCS(=O)(=O)C1. The number of nitrogens with two attached hydrogens (primary N) is 1. The average Bonchev–Trinajstić information content (AvgIpc) is 2.55. The molecule has 0 radical (unpaired) electrons. The molecule has 7 heteroatoms. The fourth-order valence-electron chi connectivity index (χ4n) is 1.60. The predicted octanol–water partition coefficient (Wildman–Crippen LogP) is -2.05. The van der Waals surface area contributed by atoms with E-state index >= 15 is 0 Å². The molecule has 0 spiro atoms. The van der Waals surface area contributed by atoms with Crippen molar-refractivity contribution in [3.8, 4) is 0 Å². The Morgan fingerprint density at radius 3 is 2.67 bits per heavy atom. The minimum Gasteiger partial charge on any atom is -0.394 e. The highest BCUT2D eigenvalue weighted by Crippen LogP contribution is 2.16. The monoisotopic (exact) mass is 236 g/mol. The molecular formula is C8H16N2O4S. The third-order valence-electron chi connectivity index (χ3n) is 2.62. The minimum absolute atomic E-state index is 0.00656. The van der Waals surface area contributed by atoms with Gasteiger partial charge in [0.15, 0.2) is 9.84 Å². The Kier molecular flexibility index (Phi) is 3.69. The van der Waals surface area contributed by atoms with Gasteiger partial charge in [0.25, 0.3) is 0 Å². The summed E-state index contributed by atoms with van der Waals surface area (Å²) in [5.74, 6) is -0.309. The average molecular weight is 236 g/mol. The second-order valence-electron chi connectivity index (χ2n) is 3.80. The Balaban J connectivity index is 2.63. The Morgan fingerprint density at radius 1 is 1.67 bits per heavy atom. The van der Waals surface area contributed by atoms with Gasteiger partial charge in [-0.2, -0.15) is 0 Å². The molecule has 2 unspecified atom stereocenters. The lowest BCUT2D eigenvalue weighted by Crippen LogP contribution is -2.48. The molecule has 6 nitrogen and oxygen atoms in total. The van der Waals surface area contributed by atoms with Crippen LogP contribution in [0.2, 0.25) is 0 Å². The van der Waals surface area contributed by atoms with E-state index in [0.29, 0.717) is 6.42 Å². The van der Waals surface area contributed by atoms with Crippen LogP contribution < -0.4 is 5.73 Å². The van der Waals surface area contributed by atoms with Crippen molar-refractivity contribution in [3.05, 3.63) is 0 Å². The number of sulfone groups is 1. The summed E-state index contributed by atoms with van der Waals surface area (Å²) in [6, 6.07) is -1.27. The summed E-state index contributed by atoms with van der Waals surface area (Å²) < 4.78 is 22.4. The van der Waals surface area contributed by atoms with Crippen molar-refractivity contribution in [1.82, 2.24) is 4.90 Å². The quantitative estimate of drug-likeness (QED) is 0.587. The normalized spacial score (nSPS) is 26.2. The van der Waals surface area contributed by atoms with Gasteiger partial charge in [-0.15, -0.1) is 0 Å². The van der Waals surface area contributed by atoms with Crippen molar-refractivity contribution in [2.24, 2.45) is 5.73 Å². The van der Waals surface area contributed by atoms with E-state index in [2.05, 4.69) is 0 Å². The van der Waals surface area contributed by atoms with Gasteiger partial charge in [-0.25, -0.2) is 8.42 Å². The van der Waals surface area contributed by atoms with Crippen LogP contribution in [0.25, 0.3) is 0 Å². The van der Waals surface area contributed by atoms with E-state index < -0.39 is 28.4 Å².